The van der Waals surface area contributed by atoms with Crippen LogP contribution in [0.5, 0.6) is 11.5 Å². The molecule has 2 rings (SSSR count). The van der Waals surface area contributed by atoms with Crippen LogP contribution in [0.25, 0.3) is 0 Å². The molecule has 0 spiro atoms. The van der Waals surface area contributed by atoms with Crippen molar-refractivity contribution in [1.29, 1.82) is 0 Å². The molecule has 0 heterocycles. The van der Waals surface area contributed by atoms with Crippen LogP contribution < -0.4 is 10.1 Å². The van der Waals surface area contributed by atoms with Gasteiger partial charge < -0.3 is 14.8 Å². The number of anilines is 1. The highest BCUT2D eigenvalue weighted by Gasteiger charge is 1.97. The van der Waals surface area contributed by atoms with Crippen LogP contribution in [0.2, 0.25) is 0 Å². The average molecular weight is 271 g/mol. The van der Waals surface area contributed by atoms with Crippen LogP contribution in [-0.2, 0) is 4.74 Å². The molecule has 0 amide bonds. The highest BCUT2D eigenvalue weighted by atomic mass is 16.5. The molecule has 0 saturated carbocycles. The van der Waals surface area contributed by atoms with E-state index in [9.17, 15) is 0 Å². The predicted octanol–water partition coefficient (Wildman–Crippen LogP) is 4.32. The van der Waals surface area contributed by atoms with Gasteiger partial charge in [-0.3, -0.25) is 0 Å². The van der Waals surface area contributed by atoms with Crippen molar-refractivity contribution in [1.82, 2.24) is 0 Å². The van der Waals surface area contributed by atoms with E-state index in [1.165, 1.54) is 0 Å². The second-order valence-electron chi connectivity index (χ2n) is 4.48. The lowest BCUT2D eigenvalue weighted by Crippen LogP contribution is -2.09. The van der Waals surface area contributed by atoms with Crippen LogP contribution in [0, 0.1) is 0 Å². The largest absolute Gasteiger partial charge is 0.457 e. The van der Waals surface area contributed by atoms with Crippen molar-refractivity contribution in [3.63, 3.8) is 0 Å². The van der Waals surface area contributed by atoms with E-state index < -0.39 is 0 Å². The molecule has 0 radical (unpaired) electrons. The van der Waals surface area contributed by atoms with Crippen molar-refractivity contribution in [2.24, 2.45) is 0 Å². The normalized spacial score (nSPS) is 10.2. The van der Waals surface area contributed by atoms with Gasteiger partial charge in [-0.25, -0.2) is 0 Å². The number of rotatable bonds is 8. The number of hydrogen-bond donors (Lipinski definition) is 1. The van der Waals surface area contributed by atoms with E-state index in [1.54, 1.807) is 0 Å². The van der Waals surface area contributed by atoms with Crippen molar-refractivity contribution in [3.05, 3.63) is 54.6 Å². The van der Waals surface area contributed by atoms with Gasteiger partial charge in [-0.15, -0.1) is 0 Å². The smallest absolute Gasteiger partial charge is 0.127 e. The summed E-state index contributed by atoms with van der Waals surface area (Å²) in [6.45, 7) is 4.49. The number of hydrogen-bond acceptors (Lipinski definition) is 3. The van der Waals surface area contributed by atoms with Crippen molar-refractivity contribution < 1.29 is 9.47 Å². The molecule has 0 bridgehead atoms. The van der Waals surface area contributed by atoms with Gasteiger partial charge >= 0.3 is 0 Å². The summed E-state index contributed by atoms with van der Waals surface area (Å²) in [4.78, 5) is 0. The van der Waals surface area contributed by atoms with E-state index in [0.717, 1.165) is 43.4 Å². The molecule has 0 saturated heterocycles. The van der Waals surface area contributed by atoms with Gasteiger partial charge in [0.1, 0.15) is 11.5 Å². The summed E-state index contributed by atoms with van der Waals surface area (Å²) < 4.78 is 11.2. The van der Waals surface area contributed by atoms with Crippen LogP contribution in [0.4, 0.5) is 5.69 Å². The molecule has 1 N–H and O–H groups in total. The Hall–Kier alpha value is -2.00. The Bertz CT molecular complexity index is 482. The molecule has 0 aliphatic heterocycles. The molecule has 2 aromatic rings. The Balaban J connectivity index is 1.78. The first kappa shape index (κ1) is 14.4. The molecule has 3 nitrogen and oxygen atoms in total. The number of para-hydroxylation sites is 1. The number of nitrogens with one attached hydrogen (secondary N) is 1. The maximum atomic E-state index is 5.74. The van der Waals surface area contributed by atoms with Crippen molar-refractivity contribution >= 4 is 5.69 Å². The second kappa shape index (κ2) is 8.23. The molecule has 106 valence electrons. The van der Waals surface area contributed by atoms with Gasteiger partial charge in [-0.2, -0.15) is 0 Å². The molecule has 0 aliphatic rings. The summed E-state index contributed by atoms with van der Waals surface area (Å²) in [6, 6.07) is 17.7. The van der Waals surface area contributed by atoms with Crippen LogP contribution >= 0.6 is 0 Å². The van der Waals surface area contributed by atoms with Crippen LogP contribution in [0.3, 0.4) is 0 Å². The minimum Gasteiger partial charge on any atom is -0.457 e. The van der Waals surface area contributed by atoms with Gasteiger partial charge in [0.15, 0.2) is 0 Å². The maximum absolute atomic E-state index is 5.74. The average Bonchev–Trinajstić information content (AvgIpc) is 2.50. The molecule has 0 fully saturated rings. The molecule has 0 atom stereocenters. The zero-order valence-electron chi connectivity index (χ0n) is 11.8. The Morgan fingerprint density at radius 3 is 2.25 bits per heavy atom. The van der Waals surface area contributed by atoms with Gasteiger partial charge in [-0.1, -0.05) is 25.1 Å². The maximum Gasteiger partial charge on any atom is 0.127 e. The topological polar surface area (TPSA) is 30.5 Å². The Morgan fingerprint density at radius 2 is 1.55 bits per heavy atom. The predicted molar refractivity (Wildman–Crippen MR) is 82.6 cm³/mol. The fourth-order valence-corrected chi connectivity index (χ4v) is 1.78. The molecular formula is C17H21NO2. The van der Waals surface area contributed by atoms with Crippen molar-refractivity contribution in [3.8, 4) is 11.5 Å². The standard InChI is InChI=1S/C17H21NO2/c1-2-13-19-14-12-18-15-8-10-17(11-9-15)20-16-6-4-3-5-7-16/h3-11,18H,2,12-14H2,1H3. The van der Waals surface area contributed by atoms with Crippen LogP contribution in [-0.4, -0.2) is 19.8 Å². The van der Waals surface area contributed by atoms with Crippen molar-refractivity contribution in [2.75, 3.05) is 25.1 Å². The molecule has 2 aromatic carbocycles. The van der Waals surface area contributed by atoms with E-state index in [0.29, 0.717) is 0 Å². The Labute approximate surface area is 120 Å². The fraction of sp³-hybridized carbons (Fsp3) is 0.294. The van der Waals surface area contributed by atoms with Gasteiger partial charge in [0, 0.05) is 18.8 Å². The molecule has 0 aromatic heterocycles. The van der Waals surface area contributed by atoms with Gasteiger partial charge in [0.2, 0.25) is 0 Å². The van der Waals surface area contributed by atoms with E-state index in [-0.39, 0.29) is 0 Å². The molecule has 0 aliphatic carbocycles. The minimum atomic E-state index is 0.732. The summed E-state index contributed by atoms with van der Waals surface area (Å²) in [5.41, 5.74) is 1.07. The summed E-state index contributed by atoms with van der Waals surface area (Å²) >= 11 is 0. The summed E-state index contributed by atoms with van der Waals surface area (Å²) in [5.74, 6) is 1.69. The lowest BCUT2D eigenvalue weighted by atomic mass is 10.3. The molecule has 3 heteroatoms. The van der Waals surface area contributed by atoms with E-state index in [2.05, 4.69) is 12.2 Å². The van der Waals surface area contributed by atoms with Crippen LogP contribution in [0.1, 0.15) is 13.3 Å². The Morgan fingerprint density at radius 1 is 0.850 bits per heavy atom. The lowest BCUT2D eigenvalue weighted by Gasteiger charge is -2.09. The first-order valence-electron chi connectivity index (χ1n) is 7.03. The van der Waals surface area contributed by atoms with Gasteiger partial charge in [-0.05, 0) is 42.8 Å². The summed E-state index contributed by atoms with van der Waals surface area (Å²) in [5, 5.41) is 3.31. The zero-order valence-corrected chi connectivity index (χ0v) is 11.8. The zero-order chi connectivity index (χ0) is 14.0. The monoisotopic (exact) mass is 271 g/mol. The summed E-state index contributed by atoms with van der Waals surface area (Å²) in [6.07, 6.45) is 1.06. The fourth-order valence-electron chi connectivity index (χ4n) is 1.78. The molecular weight excluding hydrogens is 250 g/mol. The number of benzene rings is 2. The molecule has 0 unspecified atom stereocenters. The second-order valence-corrected chi connectivity index (χ2v) is 4.48. The van der Waals surface area contributed by atoms with Gasteiger partial charge in [0.05, 0.1) is 6.61 Å². The highest BCUT2D eigenvalue weighted by molar-refractivity contribution is 5.47. The Kier molecular flexibility index (Phi) is 5.93. The number of ether oxygens (including phenoxy) is 2. The summed E-state index contributed by atoms with van der Waals surface area (Å²) in [7, 11) is 0. The third-order valence-corrected chi connectivity index (χ3v) is 2.76. The molecule has 20 heavy (non-hydrogen) atoms. The first-order valence-corrected chi connectivity index (χ1v) is 7.03. The van der Waals surface area contributed by atoms with Gasteiger partial charge in [0.25, 0.3) is 0 Å². The third kappa shape index (κ3) is 4.94. The van der Waals surface area contributed by atoms with E-state index in [4.69, 9.17) is 9.47 Å². The quantitative estimate of drug-likeness (QED) is 0.725. The highest BCUT2D eigenvalue weighted by Crippen LogP contribution is 2.22. The first-order chi connectivity index (χ1) is 9.88. The SMILES string of the molecule is CCCOCCNc1ccc(Oc2ccccc2)cc1. The third-order valence-electron chi connectivity index (χ3n) is 2.76. The van der Waals surface area contributed by atoms with E-state index in [1.807, 2.05) is 54.6 Å². The van der Waals surface area contributed by atoms with Crippen molar-refractivity contribution in [2.45, 2.75) is 13.3 Å². The van der Waals surface area contributed by atoms with Crippen LogP contribution in [0.15, 0.2) is 54.6 Å². The van der Waals surface area contributed by atoms with E-state index >= 15 is 0 Å². The lowest BCUT2D eigenvalue weighted by molar-refractivity contribution is 0.144. The minimum absolute atomic E-state index is 0.732.